The lowest BCUT2D eigenvalue weighted by Crippen LogP contribution is -2.37. The van der Waals surface area contributed by atoms with E-state index in [9.17, 15) is 23.1 Å². The van der Waals surface area contributed by atoms with Gasteiger partial charge in [-0.2, -0.15) is 4.98 Å². The van der Waals surface area contributed by atoms with E-state index >= 15 is 0 Å². The van der Waals surface area contributed by atoms with Gasteiger partial charge in [0.05, 0.1) is 11.9 Å². The molecule has 0 bridgehead atoms. The highest BCUT2D eigenvalue weighted by molar-refractivity contribution is 7.92. The van der Waals surface area contributed by atoms with Gasteiger partial charge in [0.1, 0.15) is 17.5 Å². The third-order valence-electron chi connectivity index (χ3n) is 6.70. The number of hydrogen-bond acceptors (Lipinski definition) is 9. The molecule has 1 saturated heterocycles. The highest BCUT2D eigenvalue weighted by atomic mass is 32.2. The molecule has 13 heteroatoms. The van der Waals surface area contributed by atoms with E-state index in [0.29, 0.717) is 49.9 Å². The maximum atomic E-state index is 13.0. The molecule has 1 amide bonds. The van der Waals surface area contributed by atoms with E-state index < -0.39 is 28.1 Å². The van der Waals surface area contributed by atoms with Gasteiger partial charge >= 0.3 is 12.1 Å². The van der Waals surface area contributed by atoms with Gasteiger partial charge in [-0.3, -0.25) is 4.31 Å². The summed E-state index contributed by atoms with van der Waals surface area (Å²) in [6.45, 7) is 10.1. The Morgan fingerprint density at radius 3 is 2.27 bits per heavy atom. The van der Waals surface area contributed by atoms with Crippen LogP contribution >= 0.6 is 0 Å². The monoisotopic (exact) mass is 576 g/mol. The molecule has 1 atom stereocenters. The quantitative estimate of drug-likeness (QED) is 0.342. The molecule has 1 aliphatic heterocycles. The van der Waals surface area contributed by atoms with Gasteiger partial charge < -0.3 is 25.0 Å². The molecule has 40 heavy (non-hydrogen) atoms. The SMILES string of the molecule is CCCS(=O)(=O)N(CC)c1cnc(N(CC)CC)nc1N[C@@H](Cc1ccc(OC(=O)N2CCCC2)cc1)C(=O)O. The van der Waals surface area contributed by atoms with E-state index in [1.165, 1.54) is 10.5 Å². The molecule has 2 N–H and O–H groups in total. The van der Waals surface area contributed by atoms with Crippen LogP contribution in [0.1, 0.15) is 52.5 Å². The highest BCUT2D eigenvalue weighted by Crippen LogP contribution is 2.29. The Balaban J connectivity index is 1.87. The minimum atomic E-state index is -3.67. The van der Waals surface area contributed by atoms with Crippen LogP contribution in [0.2, 0.25) is 0 Å². The molecule has 1 aliphatic rings. The molecular weight excluding hydrogens is 536 g/mol. The Kier molecular flexibility index (Phi) is 10.9. The van der Waals surface area contributed by atoms with Crippen molar-refractivity contribution in [3.8, 4) is 5.75 Å². The number of carbonyl (C=O) groups is 2. The summed E-state index contributed by atoms with van der Waals surface area (Å²) in [4.78, 5) is 37.1. The molecule has 2 aromatic rings. The van der Waals surface area contributed by atoms with Crippen LogP contribution in [0.3, 0.4) is 0 Å². The summed E-state index contributed by atoms with van der Waals surface area (Å²) >= 11 is 0. The molecule has 0 spiro atoms. The van der Waals surface area contributed by atoms with Crippen LogP contribution in [0.25, 0.3) is 0 Å². The van der Waals surface area contributed by atoms with Gasteiger partial charge in [0.2, 0.25) is 16.0 Å². The number of nitrogens with zero attached hydrogens (tertiary/aromatic N) is 5. The zero-order chi connectivity index (χ0) is 29.3. The number of likely N-dealkylation sites (tertiary alicyclic amines) is 1. The highest BCUT2D eigenvalue weighted by Gasteiger charge is 2.28. The lowest BCUT2D eigenvalue weighted by atomic mass is 10.1. The number of nitrogens with one attached hydrogen (secondary N) is 1. The molecule has 2 heterocycles. The summed E-state index contributed by atoms with van der Waals surface area (Å²) in [7, 11) is -3.67. The molecule has 0 saturated carbocycles. The zero-order valence-electron chi connectivity index (χ0n) is 23.7. The Morgan fingerprint density at radius 2 is 1.73 bits per heavy atom. The van der Waals surface area contributed by atoms with Gasteiger partial charge in [-0.15, -0.1) is 0 Å². The zero-order valence-corrected chi connectivity index (χ0v) is 24.5. The number of anilines is 3. The van der Waals surface area contributed by atoms with Gasteiger partial charge in [0.25, 0.3) is 0 Å². The van der Waals surface area contributed by atoms with Crippen molar-refractivity contribution in [3.63, 3.8) is 0 Å². The van der Waals surface area contributed by atoms with Crippen molar-refractivity contribution in [2.75, 3.05) is 53.0 Å². The first-order valence-corrected chi connectivity index (χ1v) is 15.4. The van der Waals surface area contributed by atoms with E-state index in [4.69, 9.17) is 4.74 Å². The molecule has 0 radical (unpaired) electrons. The summed E-state index contributed by atoms with van der Waals surface area (Å²) in [6, 6.07) is 5.55. The largest absolute Gasteiger partial charge is 0.480 e. The van der Waals surface area contributed by atoms with E-state index in [1.54, 1.807) is 43.0 Å². The van der Waals surface area contributed by atoms with Crippen LogP contribution in [0.15, 0.2) is 30.5 Å². The number of amides is 1. The van der Waals surface area contributed by atoms with Crippen molar-refractivity contribution in [1.82, 2.24) is 14.9 Å². The van der Waals surface area contributed by atoms with Gasteiger partial charge in [-0.05, 0) is 57.7 Å². The maximum absolute atomic E-state index is 13.0. The normalized spacial score (nSPS) is 14.1. The molecule has 0 unspecified atom stereocenters. The first-order chi connectivity index (χ1) is 19.1. The van der Waals surface area contributed by atoms with Crippen LogP contribution in [0.4, 0.5) is 22.2 Å². The smallest absolute Gasteiger partial charge is 0.415 e. The van der Waals surface area contributed by atoms with Crippen molar-refractivity contribution in [2.24, 2.45) is 0 Å². The van der Waals surface area contributed by atoms with Gasteiger partial charge in [0, 0.05) is 39.1 Å². The predicted octanol–water partition coefficient (Wildman–Crippen LogP) is 3.59. The molecule has 1 aromatic carbocycles. The van der Waals surface area contributed by atoms with Crippen LogP contribution in [0, 0.1) is 0 Å². The van der Waals surface area contributed by atoms with Crippen molar-refractivity contribution < 1.29 is 27.9 Å². The Bertz CT molecular complexity index is 1250. The van der Waals surface area contributed by atoms with E-state index in [-0.39, 0.29) is 30.2 Å². The molecule has 3 rings (SSSR count). The fourth-order valence-corrected chi connectivity index (χ4v) is 6.12. The summed E-state index contributed by atoms with van der Waals surface area (Å²) in [5.41, 5.74) is 0.883. The van der Waals surface area contributed by atoms with Crippen molar-refractivity contribution in [1.29, 1.82) is 0 Å². The molecule has 1 fully saturated rings. The summed E-state index contributed by atoms with van der Waals surface area (Å²) < 4.78 is 32.7. The van der Waals surface area contributed by atoms with E-state index in [2.05, 4.69) is 15.3 Å². The van der Waals surface area contributed by atoms with E-state index in [0.717, 1.165) is 12.8 Å². The number of ether oxygens (including phenoxy) is 1. The number of rotatable bonds is 14. The number of aromatic nitrogens is 2. The predicted molar refractivity (Wildman–Crippen MR) is 155 cm³/mol. The molecule has 12 nitrogen and oxygen atoms in total. The third-order valence-corrected chi connectivity index (χ3v) is 8.75. The third kappa shape index (κ3) is 7.74. The number of benzene rings is 1. The summed E-state index contributed by atoms with van der Waals surface area (Å²) in [6.07, 6.45) is 3.47. The number of carboxylic acid groups (broad SMARTS) is 1. The number of carbonyl (C=O) groups excluding carboxylic acids is 1. The molecule has 220 valence electrons. The summed E-state index contributed by atoms with van der Waals surface area (Å²) in [5.74, 6) is -0.314. The first kappa shape index (κ1) is 30.9. The van der Waals surface area contributed by atoms with Crippen LogP contribution in [-0.4, -0.2) is 85.0 Å². The van der Waals surface area contributed by atoms with Crippen LogP contribution in [-0.2, 0) is 21.2 Å². The molecule has 1 aromatic heterocycles. The van der Waals surface area contributed by atoms with Crippen molar-refractivity contribution >= 4 is 39.5 Å². The molecule has 0 aliphatic carbocycles. The summed E-state index contributed by atoms with van der Waals surface area (Å²) in [5, 5.41) is 13.0. The second kappa shape index (κ2) is 14.1. The minimum absolute atomic E-state index is 0.0604. The standard InChI is InChI=1S/C27H40N6O6S/c1-5-17-40(37,38)33(8-4)23-19-28-26(31(6-2)7-3)30-24(23)29-22(25(34)35)18-20-11-13-21(14-12-20)39-27(36)32-15-9-10-16-32/h11-14,19,22H,5-10,15-18H2,1-4H3,(H,34,35)(H,28,29,30)/t22-/m0/s1. The van der Waals surface area contributed by atoms with Crippen molar-refractivity contribution in [2.45, 2.75) is 59.4 Å². The van der Waals surface area contributed by atoms with Crippen LogP contribution in [0.5, 0.6) is 5.75 Å². The van der Waals surface area contributed by atoms with Crippen molar-refractivity contribution in [3.05, 3.63) is 36.0 Å². The topological polar surface area (TPSA) is 145 Å². The molecular formula is C27H40N6O6S. The number of carboxylic acids is 1. The minimum Gasteiger partial charge on any atom is -0.480 e. The fraction of sp³-hybridized carbons (Fsp3) is 0.556. The lowest BCUT2D eigenvalue weighted by Gasteiger charge is -2.27. The Hall–Kier alpha value is -3.61. The number of aliphatic carboxylic acids is 1. The van der Waals surface area contributed by atoms with Gasteiger partial charge in [0.15, 0.2) is 5.82 Å². The van der Waals surface area contributed by atoms with Gasteiger partial charge in [-0.1, -0.05) is 19.1 Å². The average Bonchev–Trinajstić information content (AvgIpc) is 3.47. The first-order valence-electron chi connectivity index (χ1n) is 13.8. The lowest BCUT2D eigenvalue weighted by molar-refractivity contribution is -0.137. The Morgan fingerprint density at radius 1 is 1.07 bits per heavy atom. The second-order valence-corrected chi connectivity index (χ2v) is 11.5. The Labute approximate surface area is 236 Å². The number of sulfonamides is 1. The van der Waals surface area contributed by atoms with Gasteiger partial charge in [-0.25, -0.2) is 23.0 Å². The average molecular weight is 577 g/mol. The maximum Gasteiger partial charge on any atom is 0.415 e. The second-order valence-electron chi connectivity index (χ2n) is 9.50. The van der Waals surface area contributed by atoms with Crippen LogP contribution < -0.4 is 19.3 Å². The number of hydrogen-bond donors (Lipinski definition) is 2. The fourth-order valence-electron chi connectivity index (χ4n) is 4.56. The van der Waals surface area contributed by atoms with E-state index in [1.807, 2.05) is 18.7 Å².